The zero-order valence-corrected chi connectivity index (χ0v) is 13.9. The highest BCUT2D eigenvalue weighted by atomic mass is 16.6. The lowest BCUT2D eigenvalue weighted by Crippen LogP contribution is -2.41. The Hall–Kier alpha value is -2.75. The Bertz CT molecular complexity index is 737. The zero-order chi connectivity index (χ0) is 16.9. The van der Waals surface area contributed by atoms with Crippen molar-refractivity contribution in [2.75, 3.05) is 20.2 Å². The topological polar surface area (TPSA) is 38.8 Å². The van der Waals surface area contributed by atoms with E-state index < -0.39 is 0 Å². The third-order valence-corrected chi connectivity index (χ3v) is 3.92. The largest absolute Gasteiger partial charge is 0.486 e. The van der Waals surface area contributed by atoms with E-state index in [-0.39, 0.29) is 12.0 Å². The van der Waals surface area contributed by atoms with Gasteiger partial charge in [0.05, 0.1) is 6.54 Å². The molecule has 2 aromatic carbocycles. The van der Waals surface area contributed by atoms with Crippen molar-refractivity contribution in [3.63, 3.8) is 0 Å². The standard InChI is InChI=1S/C20H21NO3/c1-15-7-9-16(10-8-15)11-12-20(22)21(2)13-17-14-23-18-5-3-4-6-19(18)24-17/h3-12,17H,13-14H2,1-2H3/b12-11+. The van der Waals surface area contributed by atoms with Gasteiger partial charge in [0.2, 0.25) is 5.91 Å². The Labute approximate surface area is 142 Å². The van der Waals surface area contributed by atoms with Gasteiger partial charge in [-0.1, -0.05) is 42.0 Å². The summed E-state index contributed by atoms with van der Waals surface area (Å²) in [7, 11) is 1.77. The number of hydrogen-bond acceptors (Lipinski definition) is 3. The van der Waals surface area contributed by atoms with Gasteiger partial charge in [-0.3, -0.25) is 4.79 Å². The Kier molecular flexibility index (Phi) is 4.85. The molecule has 0 spiro atoms. The second-order valence-corrected chi connectivity index (χ2v) is 5.96. The Morgan fingerprint density at radius 2 is 1.88 bits per heavy atom. The molecular formula is C20H21NO3. The van der Waals surface area contributed by atoms with Gasteiger partial charge in [-0.05, 0) is 30.7 Å². The lowest BCUT2D eigenvalue weighted by atomic mass is 10.1. The van der Waals surface area contributed by atoms with Crippen molar-refractivity contribution in [1.82, 2.24) is 4.90 Å². The molecule has 0 saturated heterocycles. The van der Waals surface area contributed by atoms with E-state index >= 15 is 0 Å². The maximum atomic E-state index is 12.2. The molecule has 0 aliphatic carbocycles. The smallest absolute Gasteiger partial charge is 0.246 e. The fourth-order valence-electron chi connectivity index (χ4n) is 2.52. The van der Waals surface area contributed by atoms with Gasteiger partial charge in [0.1, 0.15) is 6.61 Å². The van der Waals surface area contributed by atoms with E-state index in [4.69, 9.17) is 9.47 Å². The van der Waals surface area contributed by atoms with Gasteiger partial charge in [-0.25, -0.2) is 0 Å². The van der Waals surface area contributed by atoms with E-state index in [2.05, 4.69) is 0 Å². The highest BCUT2D eigenvalue weighted by molar-refractivity contribution is 5.91. The molecule has 1 unspecified atom stereocenters. The molecule has 1 atom stereocenters. The molecule has 3 rings (SSSR count). The third-order valence-electron chi connectivity index (χ3n) is 3.92. The number of rotatable bonds is 4. The van der Waals surface area contributed by atoms with Crippen molar-refractivity contribution in [3.8, 4) is 11.5 Å². The van der Waals surface area contributed by atoms with Crippen molar-refractivity contribution < 1.29 is 14.3 Å². The summed E-state index contributed by atoms with van der Waals surface area (Å²) < 4.78 is 11.6. The summed E-state index contributed by atoms with van der Waals surface area (Å²) in [5.41, 5.74) is 2.21. The average molecular weight is 323 g/mol. The third kappa shape index (κ3) is 3.96. The maximum absolute atomic E-state index is 12.2. The van der Waals surface area contributed by atoms with Gasteiger partial charge in [0, 0.05) is 13.1 Å². The molecule has 1 amide bonds. The number of fused-ring (bicyclic) bond motifs is 1. The van der Waals surface area contributed by atoms with Crippen LogP contribution < -0.4 is 9.47 Å². The first-order chi connectivity index (χ1) is 11.6. The molecule has 0 bridgehead atoms. The van der Waals surface area contributed by atoms with Gasteiger partial charge in [0.15, 0.2) is 17.6 Å². The number of nitrogens with zero attached hydrogens (tertiary/aromatic N) is 1. The van der Waals surface area contributed by atoms with Crippen molar-refractivity contribution >= 4 is 12.0 Å². The molecule has 1 aliphatic heterocycles. The van der Waals surface area contributed by atoms with Crippen LogP contribution in [0, 0.1) is 6.92 Å². The summed E-state index contributed by atoms with van der Waals surface area (Å²) in [6.45, 7) is 2.96. The van der Waals surface area contributed by atoms with Gasteiger partial charge in [-0.2, -0.15) is 0 Å². The van der Waals surface area contributed by atoms with Crippen molar-refractivity contribution in [2.24, 2.45) is 0 Å². The first-order valence-electron chi connectivity index (χ1n) is 8.00. The van der Waals surface area contributed by atoms with E-state index in [9.17, 15) is 4.79 Å². The molecule has 2 aromatic rings. The van der Waals surface area contributed by atoms with Gasteiger partial charge < -0.3 is 14.4 Å². The summed E-state index contributed by atoms with van der Waals surface area (Å²) in [5, 5.41) is 0. The quantitative estimate of drug-likeness (QED) is 0.810. The number of carbonyl (C=O) groups excluding carboxylic acids is 1. The summed E-state index contributed by atoms with van der Waals surface area (Å²) in [6.07, 6.45) is 3.25. The van der Waals surface area contributed by atoms with Crippen LogP contribution in [0.5, 0.6) is 11.5 Å². The molecular weight excluding hydrogens is 302 g/mol. The van der Waals surface area contributed by atoms with E-state index in [0.717, 1.165) is 17.1 Å². The monoisotopic (exact) mass is 323 g/mol. The molecule has 0 saturated carbocycles. The molecule has 4 nitrogen and oxygen atoms in total. The maximum Gasteiger partial charge on any atom is 0.246 e. The highest BCUT2D eigenvalue weighted by Gasteiger charge is 2.22. The van der Waals surface area contributed by atoms with Crippen LogP contribution in [0.3, 0.4) is 0 Å². The van der Waals surface area contributed by atoms with Crippen LogP contribution in [-0.4, -0.2) is 37.1 Å². The van der Waals surface area contributed by atoms with Crippen molar-refractivity contribution in [2.45, 2.75) is 13.0 Å². The lowest BCUT2D eigenvalue weighted by molar-refractivity contribution is -0.126. The summed E-state index contributed by atoms with van der Waals surface area (Å²) in [4.78, 5) is 13.9. The second-order valence-electron chi connectivity index (χ2n) is 5.96. The fraction of sp³-hybridized carbons (Fsp3) is 0.250. The number of para-hydroxylation sites is 2. The number of benzene rings is 2. The zero-order valence-electron chi connectivity index (χ0n) is 13.9. The van der Waals surface area contributed by atoms with E-state index in [1.807, 2.05) is 61.5 Å². The van der Waals surface area contributed by atoms with Crippen LogP contribution in [0.15, 0.2) is 54.6 Å². The number of aryl methyl sites for hydroxylation is 1. The number of hydrogen-bond donors (Lipinski definition) is 0. The lowest BCUT2D eigenvalue weighted by Gasteiger charge is -2.29. The molecule has 1 aliphatic rings. The highest BCUT2D eigenvalue weighted by Crippen LogP contribution is 2.30. The predicted octanol–water partition coefficient (Wildman–Crippen LogP) is 3.31. The van der Waals surface area contributed by atoms with Gasteiger partial charge in [0.25, 0.3) is 0 Å². The van der Waals surface area contributed by atoms with Gasteiger partial charge >= 0.3 is 0 Å². The Morgan fingerprint density at radius 1 is 1.17 bits per heavy atom. The fourth-order valence-corrected chi connectivity index (χ4v) is 2.52. The minimum atomic E-state index is -0.165. The number of amides is 1. The molecule has 124 valence electrons. The minimum absolute atomic E-state index is 0.0574. The van der Waals surface area contributed by atoms with Gasteiger partial charge in [-0.15, -0.1) is 0 Å². The molecule has 4 heteroatoms. The van der Waals surface area contributed by atoms with Crippen molar-refractivity contribution in [1.29, 1.82) is 0 Å². The molecule has 1 heterocycles. The van der Waals surface area contributed by atoms with Crippen LogP contribution in [0.4, 0.5) is 0 Å². The van der Waals surface area contributed by atoms with Crippen LogP contribution >= 0.6 is 0 Å². The molecule has 0 aromatic heterocycles. The van der Waals surface area contributed by atoms with Crippen LogP contribution in [0.1, 0.15) is 11.1 Å². The van der Waals surface area contributed by atoms with Crippen molar-refractivity contribution in [3.05, 3.63) is 65.7 Å². The predicted molar refractivity (Wildman–Crippen MR) is 94.2 cm³/mol. The summed E-state index contributed by atoms with van der Waals surface area (Å²) in [5.74, 6) is 1.42. The molecule has 24 heavy (non-hydrogen) atoms. The Balaban J connectivity index is 1.56. The SMILES string of the molecule is Cc1ccc(/C=C/C(=O)N(C)CC2COc3ccccc3O2)cc1. The molecule has 0 fully saturated rings. The normalized spacial score (nSPS) is 16.2. The summed E-state index contributed by atoms with van der Waals surface area (Å²) >= 11 is 0. The van der Waals surface area contributed by atoms with Crippen LogP contribution in [0.25, 0.3) is 6.08 Å². The van der Waals surface area contributed by atoms with E-state index in [1.165, 1.54) is 5.56 Å². The number of likely N-dealkylation sites (N-methyl/N-ethyl adjacent to an activating group) is 1. The average Bonchev–Trinajstić information content (AvgIpc) is 2.61. The Morgan fingerprint density at radius 3 is 2.62 bits per heavy atom. The first kappa shape index (κ1) is 16.1. The van der Waals surface area contributed by atoms with Crippen LogP contribution in [-0.2, 0) is 4.79 Å². The molecule has 0 radical (unpaired) electrons. The number of carbonyl (C=O) groups is 1. The van der Waals surface area contributed by atoms with E-state index in [0.29, 0.717) is 13.2 Å². The minimum Gasteiger partial charge on any atom is -0.486 e. The number of ether oxygens (including phenoxy) is 2. The van der Waals surface area contributed by atoms with Crippen LogP contribution in [0.2, 0.25) is 0 Å². The van der Waals surface area contributed by atoms with E-state index in [1.54, 1.807) is 18.0 Å². The second kappa shape index (κ2) is 7.21. The summed E-state index contributed by atoms with van der Waals surface area (Å²) in [6, 6.07) is 15.6. The first-order valence-corrected chi connectivity index (χ1v) is 8.00. The molecule has 0 N–H and O–H groups in total.